The van der Waals surface area contributed by atoms with Gasteiger partial charge < -0.3 is 19.5 Å². The SMILES string of the molecule is CC(C)(C)OC(=O)N(CCc1ccccc1OCCc1ccc(-c2ccc(C(F)(F)F)cc2)cc1Cl)C1CCCc2nc(C(=O)O)ccc21. The summed E-state index contributed by atoms with van der Waals surface area (Å²) in [6.07, 6.45) is -1.81. The molecule has 0 spiro atoms. The van der Waals surface area contributed by atoms with E-state index in [1.54, 1.807) is 17.0 Å². The van der Waals surface area contributed by atoms with E-state index in [2.05, 4.69) is 4.98 Å². The van der Waals surface area contributed by atoms with Gasteiger partial charge in [0.25, 0.3) is 0 Å². The molecule has 0 bridgehead atoms. The van der Waals surface area contributed by atoms with Crippen LogP contribution < -0.4 is 4.74 Å². The maximum absolute atomic E-state index is 13.6. The van der Waals surface area contributed by atoms with Crippen molar-refractivity contribution in [3.05, 3.63) is 118 Å². The Morgan fingerprint density at radius 3 is 2.33 bits per heavy atom. The molecule has 0 radical (unpaired) electrons. The van der Waals surface area contributed by atoms with E-state index in [1.165, 1.54) is 18.2 Å². The summed E-state index contributed by atoms with van der Waals surface area (Å²) >= 11 is 6.57. The van der Waals surface area contributed by atoms with E-state index < -0.39 is 29.4 Å². The number of nitrogens with zero attached hydrogens (tertiary/aromatic N) is 2. The Hall–Kier alpha value is -4.57. The summed E-state index contributed by atoms with van der Waals surface area (Å²) in [6, 6.07) is 20.9. The molecule has 0 saturated heterocycles. The Bertz CT molecular complexity index is 1800. The molecule has 1 aromatic heterocycles. The zero-order chi connectivity index (χ0) is 35.3. The van der Waals surface area contributed by atoms with Crippen molar-refractivity contribution in [3.63, 3.8) is 0 Å². The zero-order valence-corrected chi connectivity index (χ0v) is 28.3. The molecule has 0 aliphatic heterocycles. The number of carbonyl (C=O) groups excluding carboxylic acids is 1. The number of aromatic carboxylic acids is 1. The van der Waals surface area contributed by atoms with Gasteiger partial charge in [0.15, 0.2) is 0 Å². The lowest BCUT2D eigenvalue weighted by Crippen LogP contribution is -2.41. The third-order valence-corrected chi connectivity index (χ3v) is 8.66. The molecule has 1 atom stereocenters. The van der Waals surface area contributed by atoms with E-state index >= 15 is 0 Å². The summed E-state index contributed by atoms with van der Waals surface area (Å²) in [7, 11) is 0. The number of carboxylic acids is 1. The van der Waals surface area contributed by atoms with Crippen LogP contribution in [-0.4, -0.2) is 45.8 Å². The number of fused-ring (bicyclic) bond motifs is 1. The summed E-state index contributed by atoms with van der Waals surface area (Å²) in [5, 5.41) is 9.93. The highest BCUT2D eigenvalue weighted by Crippen LogP contribution is 2.36. The normalized spacial score (nSPS) is 14.6. The highest BCUT2D eigenvalue weighted by atomic mass is 35.5. The van der Waals surface area contributed by atoms with Gasteiger partial charge in [0.1, 0.15) is 17.0 Å². The van der Waals surface area contributed by atoms with Crippen LogP contribution >= 0.6 is 11.6 Å². The van der Waals surface area contributed by atoms with E-state index in [0.29, 0.717) is 66.4 Å². The second-order valence-corrected chi connectivity index (χ2v) is 13.4. The zero-order valence-electron chi connectivity index (χ0n) is 27.5. The van der Waals surface area contributed by atoms with Gasteiger partial charge in [-0.15, -0.1) is 0 Å². The topological polar surface area (TPSA) is 89.0 Å². The lowest BCUT2D eigenvalue weighted by Gasteiger charge is -2.36. The number of para-hydroxylation sites is 1. The number of carbonyl (C=O) groups is 2. The fourth-order valence-electron chi connectivity index (χ4n) is 5.92. The van der Waals surface area contributed by atoms with E-state index in [1.807, 2.05) is 57.2 Å². The first-order chi connectivity index (χ1) is 23.2. The number of hydrogen-bond acceptors (Lipinski definition) is 5. The Morgan fingerprint density at radius 2 is 1.65 bits per heavy atom. The minimum atomic E-state index is -4.40. The van der Waals surface area contributed by atoms with Crippen LogP contribution in [-0.2, 0) is 30.2 Å². The molecule has 1 amide bonds. The number of pyridine rings is 1. The second-order valence-electron chi connectivity index (χ2n) is 13.0. The van der Waals surface area contributed by atoms with Gasteiger partial charge in [-0.25, -0.2) is 14.6 Å². The monoisotopic (exact) mass is 694 g/mol. The lowest BCUT2D eigenvalue weighted by molar-refractivity contribution is -0.137. The molecule has 1 N–H and O–H groups in total. The predicted octanol–water partition coefficient (Wildman–Crippen LogP) is 9.60. The van der Waals surface area contributed by atoms with Crippen LogP contribution in [0.15, 0.2) is 78.9 Å². The molecule has 258 valence electrons. The predicted molar refractivity (Wildman–Crippen MR) is 181 cm³/mol. The molecule has 49 heavy (non-hydrogen) atoms. The summed E-state index contributed by atoms with van der Waals surface area (Å²) in [5.74, 6) is -0.427. The van der Waals surface area contributed by atoms with E-state index in [-0.39, 0.29) is 11.7 Å². The first kappa shape index (κ1) is 35.7. The average Bonchev–Trinajstić information content (AvgIpc) is 3.04. The number of aromatic nitrogens is 1. The van der Waals surface area contributed by atoms with Crippen molar-refractivity contribution in [2.75, 3.05) is 13.2 Å². The molecule has 0 saturated carbocycles. The standard InChI is InChI=1S/C38H38ClF3N2O5/c1-37(2,3)49-36(47)44(33-9-6-8-31-29(33)17-18-32(43-31)35(45)46)21-19-26-7-4-5-10-34(26)48-22-20-25-11-12-27(23-30(25)39)24-13-15-28(16-14-24)38(40,41)42/h4-5,7,10-18,23,33H,6,8-9,19-22H2,1-3H3,(H,45,46). The van der Waals surface area contributed by atoms with E-state index in [0.717, 1.165) is 35.2 Å². The molecule has 11 heteroatoms. The number of alkyl halides is 3. The van der Waals surface area contributed by atoms with Crippen molar-refractivity contribution in [1.82, 2.24) is 9.88 Å². The van der Waals surface area contributed by atoms with Gasteiger partial charge in [-0.1, -0.05) is 60.1 Å². The third kappa shape index (κ3) is 9.12. The number of aryl methyl sites for hydroxylation is 1. The Kier molecular flexibility index (Phi) is 10.9. The Balaban J connectivity index is 1.27. The van der Waals surface area contributed by atoms with Gasteiger partial charge in [-0.3, -0.25) is 0 Å². The summed E-state index contributed by atoms with van der Waals surface area (Å²) in [5.41, 5.74) is 3.14. The van der Waals surface area contributed by atoms with Crippen LogP contribution in [0.5, 0.6) is 5.75 Å². The molecule has 4 aromatic rings. The number of halogens is 4. The van der Waals surface area contributed by atoms with Gasteiger partial charge in [0.05, 0.1) is 18.2 Å². The molecule has 1 heterocycles. The summed E-state index contributed by atoms with van der Waals surface area (Å²) < 4.78 is 50.9. The Morgan fingerprint density at radius 1 is 0.939 bits per heavy atom. The third-order valence-electron chi connectivity index (χ3n) is 8.31. The fourth-order valence-corrected chi connectivity index (χ4v) is 6.19. The number of benzene rings is 3. The van der Waals surface area contributed by atoms with Gasteiger partial charge in [0.2, 0.25) is 0 Å². The molecule has 1 aliphatic carbocycles. The number of hydrogen-bond donors (Lipinski definition) is 1. The second kappa shape index (κ2) is 14.9. The molecular weight excluding hydrogens is 657 g/mol. The van der Waals surface area contributed by atoms with Crippen molar-refractivity contribution in [2.24, 2.45) is 0 Å². The van der Waals surface area contributed by atoms with Crippen LogP contribution in [0, 0.1) is 0 Å². The van der Waals surface area contributed by atoms with Crippen LogP contribution in [0.25, 0.3) is 11.1 Å². The van der Waals surface area contributed by atoms with Gasteiger partial charge in [-0.2, -0.15) is 13.2 Å². The maximum atomic E-state index is 13.6. The largest absolute Gasteiger partial charge is 0.493 e. The van der Waals surface area contributed by atoms with Crippen molar-refractivity contribution in [1.29, 1.82) is 0 Å². The maximum Gasteiger partial charge on any atom is 0.416 e. The molecule has 1 aliphatic rings. The van der Waals surface area contributed by atoms with Crippen LogP contribution in [0.1, 0.15) is 78.1 Å². The molecule has 5 rings (SSSR count). The first-order valence-corrected chi connectivity index (χ1v) is 16.5. The molecule has 1 unspecified atom stereocenters. The molecular formula is C38H38ClF3N2O5. The van der Waals surface area contributed by atoms with Crippen LogP contribution in [0.3, 0.4) is 0 Å². The highest BCUT2D eigenvalue weighted by Gasteiger charge is 2.33. The van der Waals surface area contributed by atoms with Crippen molar-refractivity contribution >= 4 is 23.7 Å². The quantitative estimate of drug-likeness (QED) is 0.178. The summed E-state index contributed by atoms with van der Waals surface area (Å²) in [4.78, 5) is 31.2. The van der Waals surface area contributed by atoms with E-state index in [9.17, 15) is 27.9 Å². The van der Waals surface area contributed by atoms with Crippen LogP contribution in [0.2, 0.25) is 5.02 Å². The smallest absolute Gasteiger partial charge is 0.416 e. The number of amides is 1. The van der Waals surface area contributed by atoms with Crippen molar-refractivity contribution < 1.29 is 37.3 Å². The van der Waals surface area contributed by atoms with Crippen LogP contribution in [0.4, 0.5) is 18.0 Å². The molecule has 3 aromatic carbocycles. The number of ether oxygens (including phenoxy) is 2. The first-order valence-electron chi connectivity index (χ1n) is 16.1. The Labute approximate surface area is 288 Å². The average molecular weight is 695 g/mol. The van der Waals surface area contributed by atoms with Crippen molar-refractivity contribution in [3.8, 4) is 16.9 Å². The summed E-state index contributed by atoms with van der Waals surface area (Å²) in [6.45, 7) is 6.10. The van der Waals surface area contributed by atoms with Gasteiger partial charge in [0, 0.05) is 23.7 Å². The fraction of sp³-hybridized carbons (Fsp3) is 0.342. The number of rotatable bonds is 10. The minimum absolute atomic E-state index is 0.0225. The molecule has 7 nitrogen and oxygen atoms in total. The van der Waals surface area contributed by atoms with E-state index in [4.69, 9.17) is 21.1 Å². The molecule has 0 fully saturated rings. The number of carboxylic acid groups (broad SMARTS) is 1. The highest BCUT2D eigenvalue weighted by molar-refractivity contribution is 6.31. The minimum Gasteiger partial charge on any atom is -0.493 e. The van der Waals surface area contributed by atoms with Gasteiger partial charge >= 0.3 is 18.2 Å². The van der Waals surface area contributed by atoms with Gasteiger partial charge in [-0.05, 0) is 105 Å². The lowest BCUT2D eigenvalue weighted by atomic mass is 9.89. The van der Waals surface area contributed by atoms with Crippen molar-refractivity contribution in [2.45, 2.75) is 70.7 Å².